The highest BCUT2D eigenvalue weighted by Crippen LogP contribution is 2.24. The molecule has 144 valence electrons. The average Bonchev–Trinajstić information content (AvgIpc) is 3.27. The molecule has 2 aliphatic rings. The van der Waals surface area contributed by atoms with Gasteiger partial charge < -0.3 is 15.1 Å². The van der Waals surface area contributed by atoms with Gasteiger partial charge in [0.2, 0.25) is 11.9 Å². The molecule has 2 fully saturated rings. The van der Waals surface area contributed by atoms with Gasteiger partial charge in [0.1, 0.15) is 0 Å². The third-order valence-electron chi connectivity index (χ3n) is 5.17. The van der Waals surface area contributed by atoms with Crippen LogP contribution >= 0.6 is 23.1 Å². The van der Waals surface area contributed by atoms with E-state index >= 15 is 0 Å². The zero-order chi connectivity index (χ0) is 18.5. The van der Waals surface area contributed by atoms with Gasteiger partial charge in [0.05, 0.1) is 24.6 Å². The fourth-order valence-electron chi connectivity index (χ4n) is 3.54. The van der Waals surface area contributed by atoms with Gasteiger partial charge in [-0.15, -0.1) is 11.3 Å². The number of thioether (sulfide) groups is 1. The molecule has 0 bridgehead atoms. The molecule has 2 saturated heterocycles. The first kappa shape index (κ1) is 18.6. The normalized spacial score (nSPS) is 18.5. The summed E-state index contributed by atoms with van der Waals surface area (Å²) < 4.78 is 0. The van der Waals surface area contributed by atoms with Crippen molar-refractivity contribution in [3.05, 3.63) is 34.8 Å². The molecular formula is C19H25N5OS2. The number of thiophene rings is 1. The van der Waals surface area contributed by atoms with Crippen LogP contribution in [-0.4, -0.2) is 53.6 Å². The van der Waals surface area contributed by atoms with Gasteiger partial charge in [0.25, 0.3) is 0 Å². The molecule has 4 rings (SSSR count). The second-order valence-corrected chi connectivity index (χ2v) is 9.16. The zero-order valence-electron chi connectivity index (χ0n) is 15.3. The maximum absolute atomic E-state index is 12.4. The van der Waals surface area contributed by atoms with Crippen molar-refractivity contribution in [2.75, 3.05) is 47.5 Å². The van der Waals surface area contributed by atoms with Gasteiger partial charge in [-0.2, -0.15) is 11.8 Å². The van der Waals surface area contributed by atoms with E-state index in [0.717, 1.165) is 62.2 Å². The lowest BCUT2D eigenvalue weighted by atomic mass is 9.95. The number of carbonyl (C=O) groups is 1. The van der Waals surface area contributed by atoms with Crippen molar-refractivity contribution in [1.29, 1.82) is 0 Å². The second-order valence-electron chi connectivity index (χ2n) is 6.90. The largest absolute Gasteiger partial charge is 0.369 e. The number of nitrogens with one attached hydrogen (secondary N) is 1. The highest BCUT2D eigenvalue weighted by Gasteiger charge is 2.25. The molecule has 0 aliphatic carbocycles. The Balaban J connectivity index is 1.26. The summed E-state index contributed by atoms with van der Waals surface area (Å²) >= 11 is 3.67. The minimum absolute atomic E-state index is 0.104. The van der Waals surface area contributed by atoms with Crippen LogP contribution in [0.25, 0.3) is 0 Å². The van der Waals surface area contributed by atoms with Gasteiger partial charge in [-0.25, -0.2) is 9.97 Å². The monoisotopic (exact) mass is 403 g/mol. The van der Waals surface area contributed by atoms with Crippen molar-refractivity contribution in [3.8, 4) is 0 Å². The second kappa shape index (κ2) is 8.93. The molecule has 0 atom stereocenters. The topological polar surface area (TPSA) is 61.4 Å². The van der Waals surface area contributed by atoms with Gasteiger partial charge in [-0.05, 0) is 24.3 Å². The molecule has 2 aliphatic heterocycles. The molecule has 1 amide bonds. The Labute approximate surface area is 168 Å². The minimum atomic E-state index is 0.104. The van der Waals surface area contributed by atoms with Crippen LogP contribution < -0.4 is 15.1 Å². The first-order chi connectivity index (χ1) is 13.3. The summed E-state index contributed by atoms with van der Waals surface area (Å²) in [6.07, 6.45) is 5.62. The Hall–Kier alpha value is -1.80. The third kappa shape index (κ3) is 4.73. The van der Waals surface area contributed by atoms with Gasteiger partial charge >= 0.3 is 0 Å². The first-order valence-corrected chi connectivity index (χ1v) is 11.5. The van der Waals surface area contributed by atoms with E-state index < -0.39 is 0 Å². The number of anilines is 2. The van der Waals surface area contributed by atoms with Gasteiger partial charge in [0.15, 0.2) is 0 Å². The maximum atomic E-state index is 12.4. The summed E-state index contributed by atoms with van der Waals surface area (Å²) in [6, 6.07) is 4.07. The number of hydrogen-bond donors (Lipinski definition) is 1. The molecule has 0 radical (unpaired) electrons. The molecule has 27 heavy (non-hydrogen) atoms. The predicted octanol–water partition coefficient (Wildman–Crippen LogP) is 2.62. The molecule has 0 aromatic carbocycles. The van der Waals surface area contributed by atoms with E-state index in [4.69, 9.17) is 0 Å². The molecule has 1 N–H and O–H groups in total. The summed E-state index contributed by atoms with van der Waals surface area (Å²) in [6.45, 7) is 4.44. The molecule has 4 heterocycles. The highest BCUT2D eigenvalue weighted by molar-refractivity contribution is 7.99. The van der Waals surface area contributed by atoms with E-state index in [2.05, 4.69) is 31.2 Å². The Morgan fingerprint density at radius 2 is 1.85 bits per heavy atom. The van der Waals surface area contributed by atoms with Crippen LogP contribution in [0, 0.1) is 5.92 Å². The number of amides is 1. The SMILES string of the molecule is O=C(NCc1cccs1)C1CCN(c2cnc(N3CCSCC3)nc2)CC1. The Morgan fingerprint density at radius 3 is 2.52 bits per heavy atom. The summed E-state index contributed by atoms with van der Waals surface area (Å²) in [4.78, 5) is 27.3. The van der Waals surface area contributed by atoms with E-state index in [1.807, 2.05) is 35.6 Å². The summed E-state index contributed by atoms with van der Waals surface area (Å²) in [5.74, 6) is 3.41. The first-order valence-electron chi connectivity index (χ1n) is 9.49. The Morgan fingerprint density at radius 1 is 1.11 bits per heavy atom. The number of piperidine rings is 1. The number of nitrogens with zero attached hydrogens (tertiary/aromatic N) is 4. The van der Waals surface area contributed by atoms with Crippen molar-refractivity contribution in [2.24, 2.45) is 5.92 Å². The van der Waals surface area contributed by atoms with Crippen LogP contribution in [0.2, 0.25) is 0 Å². The number of hydrogen-bond acceptors (Lipinski definition) is 7. The van der Waals surface area contributed by atoms with Gasteiger partial charge in [0, 0.05) is 48.5 Å². The van der Waals surface area contributed by atoms with Crippen molar-refractivity contribution in [3.63, 3.8) is 0 Å². The lowest BCUT2D eigenvalue weighted by Gasteiger charge is -2.33. The van der Waals surface area contributed by atoms with Gasteiger partial charge in [-0.3, -0.25) is 4.79 Å². The lowest BCUT2D eigenvalue weighted by Crippen LogP contribution is -2.40. The van der Waals surface area contributed by atoms with E-state index in [1.54, 1.807) is 11.3 Å². The molecular weight excluding hydrogens is 378 g/mol. The minimum Gasteiger partial charge on any atom is -0.369 e. The molecule has 0 unspecified atom stereocenters. The van der Waals surface area contributed by atoms with Crippen LogP contribution in [0.5, 0.6) is 0 Å². The van der Waals surface area contributed by atoms with Gasteiger partial charge in [-0.1, -0.05) is 6.07 Å². The summed E-state index contributed by atoms with van der Waals surface area (Å²) in [5.41, 5.74) is 1.06. The van der Waals surface area contributed by atoms with E-state index in [9.17, 15) is 4.79 Å². The quantitative estimate of drug-likeness (QED) is 0.828. The van der Waals surface area contributed by atoms with E-state index in [1.165, 1.54) is 4.88 Å². The van der Waals surface area contributed by atoms with Crippen LogP contribution in [0.15, 0.2) is 29.9 Å². The van der Waals surface area contributed by atoms with Crippen molar-refractivity contribution in [2.45, 2.75) is 19.4 Å². The highest BCUT2D eigenvalue weighted by atomic mass is 32.2. The summed E-state index contributed by atoms with van der Waals surface area (Å²) in [7, 11) is 0. The Kier molecular flexibility index (Phi) is 6.14. The number of aromatic nitrogens is 2. The van der Waals surface area contributed by atoms with Crippen molar-refractivity contribution >= 4 is 40.6 Å². The number of carbonyl (C=O) groups excluding carboxylic acids is 1. The van der Waals surface area contributed by atoms with Crippen LogP contribution in [0.3, 0.4) is 0 Å². The molecule has 6 nitrogen and oxygen atoms in total. The predicted molar refractivity (Wildman–Crippen MR) is 113 cm³/mol. The van der Waals surface area contributed by atoms with Crippen molar-refractivity contribution in [1.82, 2.24) is 15.3 Å². The fraction of sp³-hybridized carbons (Fsp3) is 0.526. The fourth-order valence-corrected chi connectivity index (χ4v) is 5.08. The van der Waals surface area contributed by atoms with Crippen LogP contribution in [0.4, 0.5) is 11.6 Å². The Bertz CT molecular complexity index is 723. The van der Waals surface area contributed by atoms with Crippen LogP contribution in [-0.2, 0) is 11.3 Å². The summed E-state index contributed by atoms with van der Waals surface area (Å²) in [5, 5.41) is 5.11. The molecule has 8 heteroatoms. The smallest absolute Gasteiger partial charge is 0.225 e. The molecule has 2 aromatic rings. The average molecular weight is 404 g/mol. The van der Waals surface area contributed by atoms with E-state index in [0.29, 0.717) is 6.54 Å². The lowest BCUT2D eigenvalue weighted by molar-refractivity contribution is -0.125. The maximum Gasteiger partial charge on any atom is 0.225 e. The van der Waals surface area contributed by atoms with Crippen molar-refractivity contribution < 1.29 is 4.79 Å². The third-order valence-corrected chi connectivity index (χ3v) is 6.99. The standard InChI is InChI=1S/C19H25N5OS2/c25-18(20-14-17-2-1-9-27-17)15-3-5-23(6-4-15)16-12-21-19(22-13-16)24-7-10-26-11-8-24/h1-2,9,12-13,15H,3-8,10-11,14H2,(H,20,25). The van der Waals surface area contributed by atoms with E-state index in [-0.39, 0.29) is 11.8 Å². The zero-order valence-corrected chi connectivity index (χ0v) is 17.0. The molecule has 0 saturated carbocycles. The van der Waals surface area contributed by atoms with Crippen LogP contribution in [0.1, 0.15) is 17.7 Å². The number of rotatable bonds is 5. The molecule has 2 aromatic heterocycles. The molecule has 0 spiro atoms.